The van der Waals surface area contributed by atoms with Crippen LogP contribution in [0.3, 0.4) is 0 Å². The highest BCUT2D eigenvalue weighted by Gasteiger charge is 2.11. The Balaban J connectivity index is 1.84. The predicted octanol–water partition coefficient (Wildman–Crippen LogP) is 2.90. The van der Waals surface area contributed by atoms with E-state index in [1.165, 1.54) is 18.2 Å². The molecule has 2 N–H and O–H groups in total. The van der Waals surface area contributed by atoms with Crippen LogP contribution in [-0.2, 0) is 11.2 Å². The largest absolute Gasteiger partial charge is 0.326 e. The van der Waals surface area contributed by atoms with E-state index in [1.54, 1.807) is 24.3 Å². The van der Waals surface area contributed by atoms with E-state index in [1.807, 2.05) is 0 Å². The lowest BCUT2D eigenvalue weighted by molar-refractivity contribution is -0.115. The lowest BCUT2D eigenvalue weighted by atomic mass is 10.1. The average molecular weight is 332 g/mol. The Morgan fingerprint density at radius 2 is 1.96 bits per heavy atom. The molecule has 0 aliphatic rings. The van der Waals surface area contributed by atoms with Gasteiger partial charge in [-0.3, -0.25) is 9.59 Å². The van der Waals surface area contributed by atoms with E-state index in [4.69, 9.17) is 11.6 Å². The van der Waals surface area contributed by atoms with Gasteiger partial charge in [-0.05, 0) is 24.3 Å². The van der Waals surface area contributed by atoms with Crippen LogP contribution in [0.5, 0.6) is 0 Å². The Morgan fingerprint density at radius 1 is 1.22 bits per heavy atom. The molecule has 0 saturated carbocycles. The van der Waals surface area contributed by atoms with Crippen LogP contribution in [0.15, 0.2) is 47.3 Å². The van der Waals surface area contributed by atoms with Crippen molar-refractivity contribution in [2.75, 3.05) is 5.32 Å². The summed E-state index contributed by atoms with van der Waals surface area (Å²) in [6.45, 7) is 0. The van der Waals surface area contributed by atoms with Gasteiger partial charge in [-0.15, -0.1) is 0 Å². The fraction of sp³-hybridized carbons (Fsp3) is 0.0625. The number of amides is 1. The first-order valence-corrected chi connectivity index (χ1v) is 7.13. The van der Waals surface area contributed by atoms with Crippen molar-refractivity contribution < 1.29 is 9.18 Å². The number of hydrogen-bond acceptors (Lipinski definition) is 3. The number of fused-ring (bicyclic) bond motifs is 1. The summed E-state index contributed by atoms with van der Waals surface area (Å²) in [7, 11) is 0. The molecule has 5 nitrogen and oxygen atoms in total. The molecule has 23 heavy (non-hydrogen) atoms. The molecule has 7 heteroatoms. The standard InChI is InChI=1S/C16H11ClFN3O2/c17-12-7-9(5-6-13(12)18)19-15(22)8-14-10-3-1-2-4-11(10)16(23)21-20-14/h1-7H,8H2,(H,19,22)(H,21,23). The van der Waals surface area contributed by atoms with Crippen molar-refractivity contribution >= 4 is 34.0 Å². The van der Waals surface area contributed by atoms with Crippen LogP contribution in [0.4, 0.5) is 10.1 Å². The number of aromatic nitrogens is 2. The maximum atomic E-state index is 13.1. The quantitative estimate of drug-likeness (QED) is 0.775. The normalized spacial score (nSPS) is 10.7. The van der Waals surface area contributed by atoms with E-state index in [0.717, 1.165) is 0 Å². The Morgan fingerprint density at radius 3 is 2.70 bits per heavy atom. The summed E-state index contributed by atoms with van der Waals surface area (Å²) in [4.78, 5) is 23.8. The maximum Gasteiger partial charge on any atom is 0.272 e. The zero-order chi connectivity index (χ0) is 16.4. The molecule has 2 aromatic carbocycles. The third kappa shape index (κ3) is 3.22. The lowest BCUT2D eigenvalue weighted by Gasteiger charge is -2.07. The van der Waals surface area contributed by atoms with Gasteiger partial charge >= 0.3 is 0 Å². The van der Waals surface area contributed by atoms with Gasteiger partial charge in [0.2, 0.25) is 5.91 Å². The highest BCUT2D eigenvalue weighted by atomic mass is 35.5. The number of nitrogens with zero attached hydrogens (tertiary/aromatic N) is 1. The third-order valence-electron chi connectivity index (χ3n) is 3.31. The first kappa shape index (κ1) is 15.2. The highest BCUT2D eigenvalue weighted by Crippen LogP contribution is 2.20. The van der Waals surface area contributed by atoms with Gasteiger partial charge in [0.1, 0.15) is 5.82 Å². The van der Waals surface area contributed by atoms with Gasteiger partial charge in [0.15, 0.2) is 0 Å². The van der Waals surface area contributed by atoms with E-state index >= 15 is 0 Å². The van der Waals surface area contributed by atoms with Gasteiger partial charge in [-0.1, -0.05) is 29.8 Å². The maximum absolute atomic E-state index is 13.1. The molecule has 1 heterocycles. The summed E-state index contributed by atoms with van der Waals surface area (Å²) in [5.74, 6) is -0.907. The van der Waals surface area contributed by atoms with Crippen molar-refractivity contribution in [3.05, 3.63) is 69.4 Å². The Labute approximate surface area is 135 Å². The second kappa shape index (κ2) is 6.18. The number of carbonyl (C=O) groups excluding carboxylic acids is 1. The van der Waals surface area contributed by atoms with Gasteiger partial charge in [-0.2, -0.15) is 5.10 Å². The van der Waals surface area contributed by atoms with Gasteiger partial charge in [0.05, 0.1) is 22.5 Å². The zero-order valence-electron chi connectivity index (χ0n) is 11.8. The van der Waals surface area contributed by atoms with Crippen LogP contribution < -0.4 is 10.9 Å². The SMILES string of the molecule is O=C(Cc1n[nH]c(=O)c2ccccc12)Nc1ccc(F)c(Cl)c1. The molecule has 0 aliphatic carbocycles. The first-order valence-electron chi connectivity index (χ1n) is 6.76. The van der Waals surface area contributed by atoms with Crippen molar-refractivity contribution in [1.82, 2.24) is 10.2 Å². The molecule has 0 saturated heterocycles. The molecule has 0 unspecified atom stereocenters. The van der Waals surface area contributed by atoms with Crippen LogP contribution in [0, 0.1) is 5.82 Å². The van der Waals surface area contributed by atoms with Crippen molar-refractivity contribution in [2.24, 2.45) is 0 Å². The molecular weight excluding hydrogens is 321 g/mol. The van der Waals surface area contributed by atoms with Crippen molar-refractivity contribution in [1.29, 1.82) is 0 Å². The van der Waals surface area contributed by atoms with E-state index in [2.05, 4.69) is 15.5 Å². The number of nitrogens with one attached hydrogen (secondary N) is 2. The number of rotatable bonds is 3. The Bertz CT molecular complexity index is 955. The van der Waals surface area contributed by atoms with Crippen LogP contribution in [0.25, 0.3) is 10.8 Å². The fourth-order valence-corrected chi connectivity index (χ4v) is 2.42. The first-order chi connectivity index (χ1) is 11.0. The van der Waals surface area contributed by atoms with Crippen molar-refractivity contribution in [3.63, 3.8) is 0 Å². The third-order valence-corrected chi connectivity index (χ3v) is 3.60. The highest BCUT2D eigenvalue weighted by molar-refractivity contribution is 6.31. The smallest absolute Gasteiger partial charge is 0.272 e. The van der Waals surface area contributed by atoms with E-state index in [0.29, 0.717) is 22.2 Å². The number of aromatic amines is 1. The Kier molecular flexibility index (Phi) is 4.08. The number of carbonyl (C=O) groups is 1. The second-order valence-corrected chi connectivity index (χ2v) is 5.31. The van der Waals surface area contributed by atoms with Gasteiger partial charge in [0.25, 0.3) is 5.56 Å². The number of hydrogen-bond donors (Lipinski definition) is 2. The molecule has 1 aromatic heterocycles. The minimum absolute atomic E-state index is 0.0354. The summed E-state index contributed by atoms with van der Waals surface area (Å²) < 4.78 is 13.1. The van der Waals surface area contributed by atoms with E-state index in [-0.39, 0.29) is 22.9 Å². The molecule has 0 radical (unpaired) electrons. The number of anilines is 1. The van der Waals surface area contributed by atoms with Gasteiger partial charge in [-0.25, -0.2) is 9.49 Å². The number of H-pyrrole nitrogens is 1. The zero-order valence-corrected chi connectivity index (χ0v) is 12.5. The molecule has 1 amide bonds. The molecule has 0 bridgehead atoms. The molecule has 0 aliphatic heterocycles. The molecule has 0 fully saturated rings. The molecule has 116 valence electrons. The minimum atomic E-state index is -0.557. The van der Waals surface area contributed by atoms with Crippen LogP contribution in [0.2, 0.25) is 5.02 Å². The second-order valence-electron chi connectivity index (χ2n) is 4.90. The van der Waals surface area contributed by atoms with Crippen molar-refractivity contribution in [3.8, 4) is 0 Å². The average Bonchev–Trinajstić information content (AvgIpc) is 2.54. The number of benzene rings is 2. The Hall–Kier alpha value is -2.73. The van der Waals surface area contributed by atoms with Crippen LogP contribution >= 0.6 is 11.6 Å². The number of halogens is 2. The summed E-state index contributed by atoms with van der Waals surface area (Å²) in [6.07, 6.45) is -0.0354. The summed E-state index contributed by atoms with van der Waals surface area (Å²) >= 11 is 5.67. The van der Waals surface area contributed by atoms with Crippen LogP contribution in [-0.4, -0.2) is 16.1 Å². The minimum Gasteiger partial charge on any atom is -0.326 e. The summed E-state index contributed by atoms with van der Waals surface area (Å²) in [5.41, 5.74) is 0.524. The molecule has 3 rings (SSSR count). The predicted molar refractivity (Wildman–Crippen MR) is 86.1 cm³/mol. The molecule has 0 spiro atoms. The van der Waals surface area contributed by atoms with Gasteiger partial charge < -0.3 is 5.32 Å². The monoisotopic (exact) mass is 331 g/mol. The van der Waals surface area contributed by atoms with E-state index < -0.39 is 5.82 Å². The van der Waals surface area contributed by atoms with Crippen molar-refractivity contribution in [2.45, 2.75) is 6.42 Å². The lowest BCUT2D eigenvalue weighted by Crippen LogP contribution is -2.18. The van der Waals surface area contributed by atoms with E-state index in [9.17, 15) is 14.0 Å². The fourth-order valence-electron chi connectivity index (χ4n) is 2.24. The molecule has 0 atom stereocenters. The van der Waals surface area contributed by atoms with Gasteiger partial charge in [0, 0.05) is 11.1 Å². The summed E-state index contributed by atoms with van der Waals surface area (Å²) in [6, 6.07) is 10.8. The topological polar surface area (TPSA) is 74.8 Å². The summed E-state index contributed by atoms with van der Waals surface area (Å²) in [5, 5.41) is 9.93. The molecule has 3 aromatic rings. The molecular formula is C16H11ClFN3O2. The van der Waals surface area contributed by atoms with Crippen LogP contribution in [0.1, 0.15) is 5.69 Å².